The molecule has 36 heavy (non-hydrogen) atoms. The normalized spacial score (nSPS) is 17.5. The number of thiazole rings is 1. The van der Waals surface area contributed by atoms with Gasteiger partial charge in [-0.25, -0.2) is 13.2 Å². The van der Waals surface area contributed by atoms with Crippen molar-refractivity contribution in [3.63, 3.8) is 0 Å². The SMILES string of the molecule is CCOCCn1c(=NC(=O)C2CCCN(S(=O)(=O)c3ccc(Cl)s3)C2)sc2cc(C(=O)OC)ccc21. The molecule has 1 atom stereocenters. The molecule has 0 radical (unpaired) electrons. The van der Waals surface area contributed by atoms with E-state index in [0.717, 1.165) is 21.6 Å². The largest absolute Gasteiger partial charge is 0.465 e. The summed E-state index contributed by atoms with van der Waals surface area (Å²) in [5.41, 5.74) is 1.23. The van der Waals surface area contributed by atoms with E-state index >= 15 is 0 Å². The summed E-state index contributed by atoms with van der Waals surface area (Å²) in [6.07, 6.45) is 1.11. The van der Waals surface area contributed by atoms with Gasteiger partial charge in [-0.2, -0.15) is 9.30 Å². The molecule has 2 aromatic heterocycles. The highest BCUT2D eigenvalue weighted by molar-refractivity contribution is 7.91. The van der Waals surface area contributed by atoms with Crippen molar-refractivity contribution >= 4 is 66.4 Å². The molecular weight excluding hydrogens is 546 g/mol. The summed E-state index contributed by atoms with van der Waals surface area (Å²) in [6.45, 7) is 3.78. The molecule has 13 heteroatoms. The Morgan fingerprint density at radius 2 is 2.03 bits per heavy atom. The van der Waals surface area contributed by atoms with Crippen LogP contribution in [0.1, 0.15) is 30.1 Å². The van der Waals surface area contributed by atoms with E-state index in [-0.39, 0.29) is 16.7 Å². The molecule has 1 amide bonds. The number of nitrogens with zero attached hydrogens (tertiary/aromatic N) is 3. The monoisotopic (exact) mass is 571 g/mol. The van der Waals surface area contributed by atoms with Crippen molar-refractivity contribution in [2.75, 3.05) is 33.4 Å². The van der Waals surface area contributed by atoms with Gasteiger partial charge in [0.05, 0.1) is 39.8 Å². The van der Waals surface area contributed by atoms with E-state index in [1.807, 2.05) is 11.5 Å². The smallest absolute Gasteiger partial charge is 0.337 e. The topological polar surface area (TPSA) is 107 Å². The minimum absolute atomic E-state index is 0.0660. The van der Waals surface area contributed by atoms with Crippen LogP contribution in [0.25, 0.3) is 10.2 Å². The second kappa shape index (κ2) is 11.5. The summed E-state index contributed by atoms with van der Waals surface area (Å²) in [5.74, 6) is -1.37. The van der Waals surface area contributed by atoms with Gasteiger partial charge < -0.3 is 14.0 Å². The van der Waals surface area contributed by atoms with Gasteiger partial charge in [-0.1, -0.05) is 22.9 Å². The van der Waals surface area contributed by atoms with Gasteiger partial charge in [0.1, 0.15) is 4.21 Å². The lowest BCUT2D eigenvalue weighted by molar-refractivity contribution is -0.122. The number of esters is 1. The van der Waals surface area contributed by atoms with E-state index in [2.05, 4.69) is 4.99 Å². The first-order valence-corrected chi connectivity index (χ1v) is 14.8. The maximum atomic E-state index is 13.2. The minimum atomic E-state index is -3.73. The van der Waals surface area contributed by atoms with Crippen LogP contribution in [-0.2, 0) is 30.8 Å². The molecule has 3 heterocycles. The number of piperidine rings is 1. The van der Waals surface area contributed by atoms with Gasteiger partial charge in [-0.05, 0) is 50.1 Å². The van der Waals surface area contributed by atoms with Crippen LogP contribution in [0.3, 0.4) is 0 Å². The number of benzene rings is 1. The third-order valence-electron chi connectivity index (χ3n) is 5.85. The van der Waals surface area contributed by atoms with E-state index in [4.69, 9.17) is 21.1 Å². The number of amides is 1. The lowest BCUT2D eigenvalue weighted by atomic mass is 9.99. The molecule has 0 spiro atoms. The second-order valence-corrected chi connectivity index (χ2v) is 13.0. The van der Waals surface area contributed by atoms with Gasteiger partial charge in [0.2, 0.25) is 0 Å². The highest BCUT2D eigenvalue weighted by Gasteiger charge is 2.34. The maximum Gasteiger partial charge on any atom is 0.337 e. The van der Waals surface area contributed by atoms with Crippen molar-refractivity contribution in [2.24, 2.45) is 10.9 Å². The Bertz CT molecular complexity index is 1440. The summed E-state index contributed by atoms with van der Waals surface area (Å²) >= 11 is 8.22. The van der Waals surface area contributed by atoms with Crippen LogP contribution in [0, 0.1) is 5.92 Å². The molecular formula is C23H26ClN3O6S3. The number of carbonyl (C=O) groups excluding carboxylic acids is 2. The molecule has 1 aliphatic rings. The number of rotatable bonds is 8. The molecule has 1 saturated heterocycles. The third-order valence-corrected chi connectivity index (χ3v) is 10.5. The maximum absolute atomic E-state index is 13.2. The molecule has 1 aliphatic heterocycles. The Morgan fingerprint density at radius 3 is 2.72 bits per heavy atom. The first-order valence-electron chi connectivity index (χ1n) is 11.4. The zero-order valence-corrected chi connectivity index (χ0v) is 23.0. The number of methoxy groups -OCH3 is 1. The summed E-state index contributed by atoms with van der Waals surface area (Å²) in [6, 6.07) is 8.22. The fraction of sp³-hybridized carbons (Fsp3) is 0.435. The summed E-state index contributed by atoms with van der Waals surface area (Å²) < 4.78 is 41.0. The fourth-order valence-electron chi connectivity index (χ4n) is 4.03. The van der Waals surface area contributed by atoms with E-state index < -0.39 is 21.9 Å². The molecule has 0 saturated carbocycles. The Morgan fingerprint density at radius 1 is 1.22 bits per heavy atom. The van der Waals surface area contributed by atoms with Gasteiger partial charge >= 0.3 is 5.97 Å². The average Bonchev–Trinajstić information content (AvgIpc) is 3.47. The van der Waals surface area contributed by atoms with E-state index in [9.17, 15) is 18.0 Å². The van der Waals surface area contributed by atoms with Crippen molar-refractivity contribution in [1.82, 2.24) is 8.87 Å². The van der Waals surface area contributed by atoms with Gasteiger partial charge in [0.25, 0.3) is 15.9 Å². The third kappa shape index (κ3) is 5.74. The van der Waals surface area contributed by atoms with Crippen molar-refractivity contribution in [3.8, 4) is 0 Å². The number of hydrogen-bond donors (Lipinski definition) is 0. The molecule has 1 aromatic carbocycles. The van der Waals surface area contributed by atoms with Crippen molar-refractivity contribution in [2.45, 2.75) is 30.5 Å². The van der Waals surface area contributed by atoms with Crippen LogP contribution in [0.2, 0.25) is 4.34 Å². The molecule has 9 nitrogen and oxygen atoms in total. The number of ether oxygens (including phenoxy) is 2. The van der Waals surface area contributed by atoms with Crippen LogP contribution in [0.4, 0.5) is 0 Å². The van der Waals surface area contributed by atoms with Gasteiger partial charge in [0.15, 0.2) is 4.80 Å². The van der Waals surface area contributed by atoms with Gasteiger partial charge in [0, 0.05) is 26.2 Å². The highest BCUT2D eigenvalue weighted by atomic mass is 35.5. The fourth-order valence-corrected chi connectivity index (χ4v) is 8.29. The Hall–Kier alpha value is -2.09. The molecule has 1 fully saturated rings. The molecule has 0 bridgehead atoms. The molecule has 0 N–H and O–H groups in total. The predicted octanol–water partition coefficient (Wildman–Crippen LogP) is 3.77. The second-order valence-electron chi connectivity index (χ2n) is 8.12. The van der Waals surface area contributed by atoms with Crippen molar-refractivity contribution in [3.05, 3.63) is 45.0 Å². The van der Waals surface area contributed by atoms with Gasteiger partial charge in [-0.3, -0.25) is 4.79 Å². The first kappa shape index (κ1) is 27.0. The molecule has 3 aromatic rings. The summed E-state index contributed by atoms with van der Waals surface area (Å²) in [7, 11) is -2.41. The number of halogens is 1. The predicted molar refractivity (Wildman–Crippen MR) is 139 cm³/mol. The lowest BCUT2D eigenvalue weighted by Crippen LogP contribution is -2.42. The highest BCUT2D eigenvalue weighted by Crippen LogP contribution is 2.31. The van der Waals surface area contributed by atoms with Crippen LogP contribution >= 0.6 is 34.3 Å². The number of hydrogen-bond acceptors (Lipinski definition) is 8. The number of fused-ring (bicyclic) bond motifs is 1. The molecule has 1 unspecified atom stereocenters. The standard InChI is InChI=1S/C23H26ClN3O6S3/c1-3-33-12-11-27-17-7-6-15(22(29)32-2)13-18(17)34-23(27)25-21(28)16-5-4-10-26(14-16)36(30,31)20-9-8-19(24)35-20/h6-9,13,16H,3-5,10-12,14H2,1-2H3. The Labute approximate surface area is 222 Å². The van der Waals surface area contributed by atoms with E-state index in [1.54, 1.807) is 24.3 Å². The van der Waals surface area contributed by atoms with Crippen molar-refractivity contribution < 1.29 is 27.5 Å². The number of sulfonamides is 1. The first-order chi connectivity index (χ1) is 17.2. The molecule has 4 rings (SSSR count). The lowest BCUT2D eigenvalue weighted by Gasteiger charge is -2.29. The number of carbonyl (C=O) groups is 2. The van der Waals surface area contributed by atoms with Crippen molar-refractivity contribution in [1.29, 1.82) is 0 Å². The van der Waals surface area contributed by atoms with E-state index in [1.165, 1.54) is 28.8 Å². The summed E-state index contributed by atoms with van der Waals surface area (Å²) in [5, 5.41) is 0. The Balaban J connectivity index is 1.64. The zero-order chi connectivity index (χ0) is 25.9. The van der Waals surface area contributed by atoms with Crippen LogP contribution in [0.5, 0.6) is 0 Å². The summed E-state index contributed by atoms with van der Waals surface area (Å²) in [4.78, 5) is 30.1. The van der Waals surface area contributed by atoms with Crippen LogP contribution in [0.15, 0.2) is 39.5 Å². The van der Waals surface area contributed by atoms with Gasteiger partial charge in [-0.15, -0.1) is 11.3 Å². The Kier molecular flexibility index (Phi) is 8.63. The van der Waals surface area contributed by atoms with Crippen LogP contribution in [-0.4, -0.2) is 62.6 Å². The molecule has 0 aliphatic carbocycles. The molecule has 194 valence electrons. The van der Waals surface area contributed by atoms with E-state index in [0.29, 0.717) is 53.8 Å². The number of aromatic nitrogens is 1. The number of thiophene rings is 1. The quantitative estimate of drug-likeness (QED) is 0.301. The minimum Gasteiger partial charge on any atom is -0.465 e. The zero-order valence-electron chi connectivity index (χ0n) is 19.8. The average molecular weight is 572 g/mol. The van der Waals surface area contributed by atoms with Crippen LogP contribution < -0.4 is 4.80 Å².